The Morgan fingerprint density at radius 3 is 2.50 bits per heavy atom. The van der Waals surface area contributed by atoms with E-state index >= 15 is 0 Å². The van der Waals surface area contributed by atoms with Crippen molar-refractivity contribution in [2.24, 2.45) is 0 Å². The minimum Gasteiger partial charge on any atom is -0.297 e. The maximum Gasteiger partial charge on any atom is 0.0195 e. The SMILES string of the molecule is CCC(CC)N1CCCCCC1CBr. The van der Waals surface area contributed by atoms with Crippen LogP contribution in [0, 0.1) is 0 Å². The highest BCUT2D eigenvalue weighted by atomic mass is 79.9. The largest absolute Gasteiger partial charge is 0.297 e. The quantitative estimate of drug-likeness (QED) is 0.696. The average Bonchev–Trinajstić information content (AvgIpc) is 2.45. The van der Waals surface area contributed by atoms with Crippen LogP contribution in [0.5, 0.6) is 0 Å². The summed E-state index contributed by atoms with van der Waals surface area (Å²) in [5.41, 5.74) is 0. The van der Waals surface area contributed by atoms with Gasteiger partial charge in [0.2, 0.25) is 0 Å². The van der Waals surface area contributed by atoms with Gasteiger partial charge in [0, 0.05) is 17.4 Å². The molecule has 0 saturated carbocycles. The summed E-state index contributed by atoms with van der Waals surface area (Å²) in [6.45, 7) is 5.97. The van der Waals surface area contributed by atoms with Gasteiger partial charge in [-0.3, -0.25) is 4.90 Å². The highest BCUT2D eigenvalue weighted by Gasteiger charge is 2.24. The Hall–Kier alpha value is 0.440. The van der Waals surface area contributed by atoms with Gasteiger partial charge in [-0.15, -0.1) is 0 Å². The second-order valence-electron chi connectivity index (χ2n) is 4.37. The summed E-state index contributed by atoms with van der Waals surface area (Å²) < 4.78 is 0. The number of rotatable bonds is 4. The van der Waals surface area contributed by atoms with Crippen LogP contribution in [0.3, 0.4) is 0 Å². The molecule has 1 aliphatic heterocycles. The molecule has 0 radical (unpaired) electrons. The highest BCUT2D eigenvalue weighted by Crippen LogP contribution is 2.23. The molecule has 0 spiro atoms. The van der Waals surface area contributed by atoms with Crippen LogP contribution in [0.25, 0.3) is 0 Å². The number of halogens is 1. The monoisotopic (exact) mass is 261 g/mol. The number of alkyl halides is 1. The topological polar surface area (TPSA) is 3.24 Å². The first-order valence-electron chi connectivity index (χ1n) is 6.15. The van der Waals surface area contributed by atoms with Gasteiger partial charge in [0.05, 0.1) is 0 Å². The molecule has 14 heavy (non-hydrogen) atoms. The molecule has 2 heteroatoms. The molecule has 0 aromatic carbocycles. The molecule has 0 aromatic rings. The molecule has 84 valence electrons. The summed E-state index contributed by atoms with van der Waals surface area (Å²) in [5.74, 6) is 0. The smallest absolute Gasteiger partial charge is 0.0195 e. The zero-order valence-corrected chi connectivity index (χ0v) is 11.2. The van der Waals surface area contributed by atoms with E-state index in [1.54, 1.807) is 0 Å². The summed E-state index contributed by atoms with van der Waals surface area (Å²) in [5, 5.41) is 1.16. The molecule has 1 atom stereocenters. The molecule has 1 rings (SSSR count). The van der Waals surface area contributed by atoms with E-state index in [0.29, 0.717) is 0 Å². The Labute approximate surface area is 97.4 Å². The van der Waals surface area contributed by atoms with Gasteiger partial charge in [-0.2, -0.15) is 0 Å². The molecule has 0 bridgehead atoms. The number of hydrogen-bond donors (Lipinski definition) is 0. The molecule has 1 aliphatic rings. The van der Waals surface area contributed by atoms with Crippen LogP contribution >= 0.6 is 15.9 Å². The van der Waals surface area contributed by atoms with E-state index in [-0.39, 0.29) is 0 Å². The van der Waals surface area contributed by atoms with Crippen LogP contribution in [0.4, 0.5) is 0 Å². The Kier molecular flexibility index (Phi) is 6.11. The fourth-order valence-electron chi connectivity index (χ4n) is 2.60. The van der Waals surface area contributed by atoms with Gasteiger partial charge in [0.1, 0.15) is 0 Å². The van der Waals surface area contributed by atoms with Crippen molar-refractivity contribution in [3.63, 3.8) is 0 Å². The molecular weight excluding hydrogens is 238 g/mol. The van der Waals surface area contributed by atoms with Crippen LogP contribution in [0.2, 0.25) is 0 Å². The highest BCUT2D eigenvalue weighted by molar-refractivity contribution is 9.09. The van der Waals surface area contributed by atoms with E-state index in [9.17, 15) is 0 Å². The zero-order valence-electron chi connectivity index (χ0n) is 9.64. The lowest BCUT2D eigenvalue weighted by atomic mass is 10.1. The van der Waals surface area contributed by atoms with Crippen LogP contribution in [-0.4, -0.2) is 28.9 Å². The van der Waals surface area contributed by atoms with Crippen LogP contribution in [0.15, 0.2) is 0 Å². The van der Waals surface area contributed by atoms with Crippen molar-refractivity contribution >= 4 is 15.9 Å². The Balaban J connectivity index is 2.58. The van der Waals surface area contributed by atoms with E-state index in [0.717, 1.165) is 17.4 Å². The van der Waals surface area contributed by atoms with Gasteiger partial charge in [0.15, 0.2) is 0 Å². The van der Waals surface area contributed by atoms with Gasteiger partial charge < -0.3 is 0 Å². The zero-order chi connectivity index (χ0) is 10.4. The Morgan fingerprint density at radius 2 is 1.93 bits per heavy atom. The number of nitrogens with zero attached hydrogens (tertiary/aromatic N) is 1. The van der Waals surface area contributed by atoms with Crippen molar-refractivity contribution in [1.82, 2.24) is 4.90 Å². The normalized spacial score (nSPS) is 25.3. The third-order valence-electron chi connectivity index (χ3n) is 3.51. The minimum atomic E-state index is 0.794. The first kappa shape index (κ1) is 12.5. The maximum absolute atomic E-state index is 3.67. The van der Waals surface area contributed by atoms with Crippen molar-refractivity contribution < 1.29 is 0 Å². The van der Waals surface area contributed by atoms with Gasteiger partial charge in [-0.05, 0) is 32.2 Å². The minimum absolute atomic E-state index is 0.794. The Morgan fingerprint density at radius 1 is 1.21 bits per heavy atom. The summed E-state index contributed by atoms with van der Waals surface area (Å²) in [6, 6.07) is 1.61. The molecule has 0 aliphatic carbocycles. The maximum atomic E-state index is 3.67. The second kappa shape index (κ2) is 6.84. The second-order valence-corrected chi connectivity index (χ2v) is 5.01. The predicted octanol–water partition coefficient (Wildman–Crippen LogP) is 3.81. The third-order valence-corrected chi connectivity index (χ3v) is 4.26. The Bertz CT molecular complexity index is 145. The van der Waals surface area contributed by atoms with E-state index in [2.05, 4.69) is 34.7 Å². The average molecular weight is 262 g/mol. The lowest BCUT2D eigenvalue weighted by molar-refractivity contribution is 0.142. The molecule has 0 amide bonds. The lowest BCUT2D eigenvalue weighted by Gasteiger charge is -2.35. The lowest BCUT2D eigenvalue weighted by Crippen LogP contribution is -2.43. The van der Waals surface area contributed by atoms with Gasteiger partial charge in [-0.1, -0.05) is 42.6 Å². The fourth-order valence-corrected chi connectivity index (χ4v) is 3.30. The molecular formula is C12H24BrN. The third kappa shape index (κ3) is 3.23. The summed E-state index contributed by atoms with van der Waals surface area (Å²) in [7, 11) is 0. The first-order valence-corrected chi connectivity index (χ1v) is 7.27. The van der Waals surface area contributed by atoms with E-state index < -0.39 is 0 Å². The van der Waals surface area contributed by atoms with Gasteiger partial charge >= 0.3 is 0 Å². The van der Waals surface area contributed by atoms with E-state index in [1.165, 1.54) is 45.1 Å². The van der Waals surface area contributed by atoms with Crippen LogP contribution in [0.1, 0.15) is 52.4 Å². The summed E-state index contributed by atoms with van der Waals surface area (Å²) in [6.07, 6.45) is 8.26. The molecule has 1 unspecified atom stereocenters. The van der Waals surface area contributed by atoms with Crippen molar-refractivity contribution in [1.29, 1.82) is 0 Å². The number of hydrogen-bond acceptors (Lipinski definition) is 1. The molecule has 0 N–H and O–H groups in total. The van der Waals surface area contributed by atoms with E-state index in [1.807, 2.05) is 0 Å². The first-order chi connectivity index (χ1) is 6.83. The van der Waals surface area contributed by atoms with Gasteiger partial charge in [0.25, 0.3) is 0 Å². The standard InChI is InChI=1S/C12H24BrN/c1-3-11(4-2)14-9-7-5-6-8-12(14)10-13/h11-12H,3-10H2,1-2H3. The molecule has 0 aromatic heterocycles. The predicted molar refractivity (Wildman–Crippen MR) is 67.1 cm³/mol. The van der Waals surface area contributed by atoms with Crippen LogP contribution < -0.4 is 0 Å². The molecule has 1 saturated heterocycles. The summed E-state index contributed by atoms with van der Waals surface area (Å²) in [4.78, 5) is 2.75. The van der Waals surface area contributed by atoms with Crippen molar-refractivity contribution in [2.45, 2.75) is 64.5 Å². The number of likely N-dealkylation sites (tertiary alicyclic amines) is 1. The van der Waals surface area contributed by atoms with Crippen molar-refractivity contribution in [3.05, 3.63) is 0 Å². The van der Waals surface area contributed by atoms with Gasteiger partial charge in [-0.25, -0.2) is 0 Å². The molecule has 1 nitrogen and oxygen atoms in total. The van der Waals surface area contributed by atoms with Crippen molar-refractivity contribution in [3.8, 4) is 0 Å². The molecule has 1 heterocycles. The summed E-state index contributed by atoms with van der Waals surface area (Å²) >= 11 is 3.67. The fraction of sp³-hybridized carbons (Fsp3) is 1.00. The molecule has 1 fully saturated rings. The van der Waals surface area contributed by atoms with E-state index in [4.69, 9.17) is 0 Å². The van der Waals surface area contributed by atoms with Crippen molar-refractivity contribution in [2.75, 3.05) is 11.9 Å². The van der Waals surface area contributed by atoms with Crippen LogP contribution in [-0.2, 0) is 0 Å².